The third kappa shape index (κ3) is 6.71. The number of aliphatic hydroxyl groups is 4. The summed E-state index contributed by atoms with van der Waals surface area (Å²) in [5.41, 5.74) is 0.855. The number of aliphatic carboxylic acids is 1. The summed E-state index contributed by atoms with van der Waals surface area (Å²) in [6.45, 7) is -0.645. The van der Waals surface area contributed by atoms with Crippen LogP contribution in [0.3, 0.4) is 0 Å². The van der Waals surface area contributed by atoms with Crippen molar-refractivity contribution in [1.29, 1.82) is 0 Å². The number of hydrogen-bond donors (Lipinski definition) is 7. The molecule has 0 aromatic heterocycles. The molecule has 0 radical (unpaired) electrons. The van der Waals surface area contributed by atoms with Crippen LogP contribution in [-0.2, 0) is 25.5 Å². The summed E-state index contributed by atoms with van der Waals surface area (Å²) in [6.07, 6.45) is -6.90. The number of aromatic hydroxyl groups is 2. The Bertz CT molecular complexity index is 1080. The number of aliphatic hydroxyl groups excluding tert-OH is 4. The minimum atomic E-state index is -1.67. The highest BCUT2D eigenvalue weighted by molar-refractivity contribution is 5.89. The summed E-state index contributed by atoms with van der Waals surface area (Å²) in [5.74, 6) is -2.85. The molecule has 0 amide bonds. The van der Waals surface area contributed by atoms with Gasteiger partial charge in [-0.25, -0.2) is 9.59 Å². The summed E-state index contributed by atoms with van der Waals surface area (Å²) >= 11 is 0. The minimum Gasteiger partial charge on any atom is -0.508 e. The van der Waals surface area contributed by atoms with Gasteiger partial charge >= 0.3 is 11.9 Å². The predicted molar refractivity (Wildman–Crippen MR) is 121 cm³/mol. The van der Waals surface area contributed by atoms with Crippen molar-refractivity contribution in [2.75, 3.05) is 6.61 Å². The maximum absolute atomic E-state index is 12.1. The molecule has 0 aliphatic carbocycles. The Morgan fingerprint density at radius 3 is 2.31 bits per heavy atom. The first-order chi connectivity index (χ1) is 17.1. The standard InChI is InChI=1S/C24H26O12/c25-11-18-20(29)21(30)22(31)24(36-18)35-16-7-3-12(9-15(16)27)4-8-19(28)34-17(23(32)33)10-13-1-5-14(26)6-2-13/h1-9,17-18,20-22,24-27,29-31H,10-11H2,(H,32,33)/b8-4+/t17-,18-,20-,21+,22-,24-/m1/s1. The second-order valence-corrected chi connectivity index (χ2v) is 8.01. The first kappa shape index (κ1) is 26.9. The van der Waals surface area contributed by atoms with Gasteiger partial charge in [0.15, 0.2) is 11.5 Å². The van der Waals surface area contributed by atoms with Crippen LogP contribution in [0.5, 0.6) is 17.2 Å². The van der Waals surface area contributed by atoms with Gasteiger partial charge in [0.25, 0.3) is 0 Å². The van der Waals surface area contributed by atoms with Crippen LogP contribution in [0.15, 0.2) is 48.5 Å². The molecule has 7 N–H and O–H groups in total. The second kappa shape index (κ2) is 11.8. The summed E-state index contributed by atoms with van der Waals surface area (Å²) in [6, 6.07) is 9.69. The van der Waals surface area contributed by atoms with Crippen LogP contribution in [0.2, 0.25) is 0 Å². The van der Waals surface area contributed by atoms with Gasteiger partial charge in [0.05, 0.1) is 6.61 Å². The topological polar surface area (TPSA) is 203 Å². The molecule has 2 aromatic rings. The maximum Gasteiger partial charge on any atom is 0.345 e. The SMILES string of the molecule is O=C(/C=C/c1ccc(O[C@@H]2O[C@H](CO)[C@@H](O)[C@H](O)[C@H]2O)c(O)c1)O[C@H](Cc1ccc(O)cc1)C(=O)O. The molecule has 1 fully saturated rings. The van der Waals surface area contributed by atoms with Crippen LogP contribution >= 0.6 is 0 Å². The van der Waals surface area contributed by atoms with E-state index in [1.807, 2.05) is 0 Å². The van der Waals surface area contributed by atoms with E-state index in [1.165, 1.54) is 48.5 Å². The van der Waals surface area contributed by atoms with Crippen LogP contribution < -0.4 is 4.74 Å². The van der Waals surface area contributed by atoms with Gasteiger partial charge in [-0.15, -0.1) is 0 Å². The third-order valence-electron chi connectivity index (χ3n) is 5.38. The van der Waals surface area contributed by atoms with Crippen molar-refractivity contribution in [3.05, 3.63) is 59.7 Å². The Hall–Kier alpha value is -3.68. The van der Waals surface area contributed by atoms with Gasteiger partial charge in [-0.3, -0.25) is 0 Å². The average Bonchev–Trinajstić information content (AvgIpc) is 2.85. The Morgan fingerprint density at radius 1 is 1.00 bits per heavy atom. The van der Waals surface area contributed by atoms with E-state index in [4.69, 9.17) is 14.2 Å². The predicted octanol–water partition coefficient (Wildman–Crippen LogP) is -0.471. The number of carbonyl (C=O) groups is 2. The van der Waals surface area contributed by atoms with Gasteiger partial charge in [-0.05, 0) is 41.5 Å². The van der Waals surface area contributed by atoms with E-state index in [0.717, 1.165) is 6.08 Å². The zero-order valence-corrected chi connectivity index (χ0v) is 18.7. The number of benzene rings is 2. The van der Waals surface area contributed by atoms with E-state index in [-0.39, 0.29) is 17.9 Å². The van der Waals surface area contributed by atoms with Crippen LogP contribution in [0.25, 0.3) is 6.08 Å². The number of hydrogen-bond acceptors (Lipinski definition) is 11. The molecule has 1 heterocycles. The fourth-order valence-corrected chi connectivity index (χ4v) is 3.40. The lowest BCUT2D eigenvalue weighted by atomic mass is 9.99. The molecule has 6 atom stereocenters. The van der Waals surface area contributed by atoms with Crippen LogP contribution in [0.1, 0.15) is 11.1 Å². The first-order valence-corrected chi connectivity index (χ1v) is 10.8. The van der Waals surface area contributed by atoms with E-state index in [9.17, 15) is 45.3 Å². The van der Waals surface area contributed by atoms with Crippen molar-refractivity contribution in [2.24, 2.45) is 0 Å². The van der Waals surface area contributed by atoms with Crippen LogP contribution in [-0.4, -0.2) is 91.1 Å². The van der Waals surface area contributed by atoms with E-state index >= 15 is 0 Å². The number of carboxylic acids is 1. The fraction of sp³-hybridized carbons (Fsp3) is 0.333. The van der Waals surface area contributed by atoms with Gasteiger partial charge in [0.2, 0.25) is 12.4 Å². The number of carboxylic acid groups (broad SMARTS) is 1. The molecule has 1 saturated heterocycles. The number of rotatable bonds is 9. The number of phenols is 2. The van der Waals surface area contributed by atoms with E-state index < -0.39 is 61.1 Å². The number of ether oxygens (including phenoxy) is 3. The van der Waals surface area contributed by atoms with Crippen LogP contribution in [0.4, 0.5) is 0 Å². The first-order valence-electron chi connectivity index (χ1n) is 10.8. The van der Waals surface area contributed by atoms with Crippen molar-refractivity contribution < 1.29 is 59.5 Å². The summed E-state index contributed by atoms with van der Waals surface area (Å²) in [5, 5.41) is 67.8. The number of esters is 1. The lowest BCUT2D eigenvalue weighted by Gasteiger charge is -2.39. The number of phenolic OH excluding ortho intramolecular Hbond substituents is 2. The maximum atomic E-state index is 12.1. The van der Waals surface area contributed by atoms with Crippen molar-refractivity contribution in [1.82, 2.24) is 0 Å². The van der Waals surface area contributed by atoms with Crippen molar-refractivity contribution in [3.63, 3.8) is 0 Å². The van der Waals surface area contributed by atoms with Gasteiger partial charge in [-0.1, -0.05) is 18.2 Å². The summed E-state index contributed by atoms with van der Waals surface area (Å²) in [7, 11) is 0. The molecule has 3 rings (SSSR count). The molecular formula is C24H26O12. The van der Waals surface area contributed by atoms with Crippen molar-refractivity contribution >= 4 is 18.0 Å². The second-order valence-electron chi connectivity index (χ2n) is 8.01. The largest absolute Gasteiger partial charge is 0.508 e. The fourth-order valence-electron chi connectivity index (χ4n) is 3.40. The highest BCUT2D eigenvalue weighted by Crippen LogP contribution is 2.31. The van der Waals surface area contributed by atoms with Gasteiger partial charge in [0.1, 0.15) is 30.2 Å². The molecule has 36 heavy (non-hydrogen) atoms. The Balaban J connectivity index is 1.62. The number of carbonyl (C=O) groups excluding carboxylic acids is 1. The van der Waals surface area contributed by atoms with Gasteiger partial charge in [0, 0.05) is 12.5 Å². The van der Waals surface area contributed by atoms with E-state index in [0.29, 0.717) is 11.1 Å². The lowest BCUT2D eigenvalue weighted by Crippen LogP contribution is -2.60. The van der Waals surface area contributed by atoms with Gasteiger partial charge < -0.3 is 50.0 Å². The molecule has 0 bridgehead atoms. The monoisotopic (exact) mass is 506 g/mol. The smallest absolute Gasteiger partial charge is 0.345 e. The highest BCUT2D eigenvalue weighted by Gasteiger charge is 2.44. The Labute approximate surface area is 204 Å². The zero-order chi connectivity index (χ0) is 26.4. The molecule has 1 aliphatic heterocycles. The lowest BCUT2D eigenvalue weighted by molar-refractivity contribution is -0.277. The molecule has 12 nitrogen and oxygen atoms in total. The highest BCUT2D eigenvalue weighted by atomic mass is 16.7. The third-order valence-corrected chi connectivity index (χ3v) is 5.38. The average molecular weight is 506 g/mol. The minimum absolute atomic E-state index is 0.0124. The Kier molecular flexibility index (Phi) is 8.85. The zero-order valence-electron chi connectivity index (χ0n) is 18.7. The molecule has 2 aromatic carbocycles. The van der Waals surface area contributed by atoms with Crippen molar-refractivity contribution in [2.45, 2.75) is 43.2 Å². The summed E-state index contributed by atoms with van der Waals surface area (Å²) < 4.78 is 15.6. The van der Waals surface area contributed by atoms with Gasteiger partial charge in [-0.2, -0.15) is 0 Å². The molecular weight excluding hydrogens is 480 g/mol. The van der Waals surface area contributed by atoms with Crippen LogP contribution in [0, 0.1) is 0 Å². The molecule has 0 saturated carbocycles. The summed E-state index contributed by atoms with van der Waals surface area (Å²) in [4.78, 5) is 23.6. The Morgan fingerprint density at radius 2 is 1.69 bits per heavy atom. The van der Waals surface area contributed by atoms with Crippen molar-refractivity contribution in [3.8, 4) is 17.2 Å². The van der Waals surface area contributed by atoms with E-state index in [2.05, 4.69) is 0 Å². The molecule has 12 heteroatoms. The molecule has 0 spiro atoms. The van der Waals surface area contributed by atoms with E-state index in [1.54, 1.807) is 0 Å². The normalized spacial score (nSPS) is 24.8. The quantitative estimate of drug-likeness (QED) is 0.170. The molecule has 194 valence electrons. The molecule has 1 aliphatic rings. The molecule has 0 unspecified atom stereocenters.